The molecule has 2 aromatic carbocycles. The number of urea groups is 1. The average Bonchev–Trinajstić information content (AvgIpc) is 3.27. The number of benzene rings is 2. The molecular weight excluding hydrogens is 468 g/mol. The van der Waals surface area contributed by atoms with Gasteiger partial charge in [0.05, 0.1) is 6.10 Å². The van der Waals surface area contributed by atoms with Crippen LogP contribution in [0.15, 0.2) is 42.5 Å². The largest absolute Gasteiger partial charge is 0.377 e. The molecule has 0 bridgehead atoms. The van der Waals surface area contributed by atoms with E-state index in [-0.39, 0.29) is 23.9 Å². The van der Waals surface area contributed by atoms with Gasteiger partial charge < -0.3 is 25.2 Å². The summed E-state index contributed by atoms with van der Waals surface area (Å²) < 4.78 is 5.74. The number of carbonyl (C=O) groups is 3. The highest BCUT2D eigenvalue weighted by Gasteiger charge is 2.40. The highest BCUT2D eigenvalue weighted by Crippen LogP contribution is 2.28. The molecule has 0 radical (unpaired) electrons. The molecule has 2 heterocycles. The fourth-order valence-electron chi connectivity index (χ4n) is 4.61. The number of halogens is 1. The first kappa shape index (κ1) is 25.0. The lowest BCUT2D eigenvalue weighted by atomic mass is 10.1. The molecule has 186 valence electrons. The van der Waals surface area contributed by atoms with Gasteiger partial charge in [-0.2, -0.15) is 0 Å². The minimum atomic E-state index is -0.679. The van der Waals surface area contributed by atoms with Crippen LogP contribution < -0.4 is 15.5 Å². The predicted octanol–water partition coefficient (Wildman–Crippen LogP) is 4.82. The van der Waals surface area contributed by atoms with Gasteiger partial charge in [-0.3, -0.25) is 9.59 Å². The SMILES string of the molecule is CCOC1CC(C(=O)Nc2ccc(N3CCCCC3=O)cc2C)N(C(=O)Nc2ccc(Cl)cc2)C1. The monoisotopic (exact) mass is 498 g/mol. The number of ether oxygens (including phenoxy) is 1. The molecule has 0 aromatic heterocycles. The van der Waals surface area contributed by atoms with E-state index < -0.39 is 6.04 Å². The molecule has 2 saturated heterocycles. The number of rotatable bonds is 6. The number of hydrogen-bond acceptors (Lipinski definition) is 4. The Kier molecular flexibility index (Phi) is 7.93. The summed E-state index contributed by atoms with van der Waals surface area (Å²) in [6.07, 6.45) is 2.66. The maximum Gasteiger partial charge on any atom is 0.322 e. The fraction of sp³-hybridized carbons (Fsp3) is 0.423. The number of carbonyl (C=O) groups excluding carboxylic acids is 3. The minimum absolute atomic E-state index is 0.127. The van der Waals surface area contributed by atoms with Gasteiger partial charge in [-0.25, -0.2) is 4.79 Å². The third-order valence-electron chi connectivity index (χ3n) is 6.43. The van der Waals surface area contributed by atoms with E-state index in [1.807, 2.05) is 32.0 Å². The smallest absolute Gasteiger partial charge is 0.322 e. The first-order chi connectivity index (χ1) is 16.9. The van der Waals surface area contributed by atoms with E-state index in [1.165, 1.54) is 4.90 Å². The fourth-order valence-corrected chi connectivity index (χ4v) is 4.73. The van der Waals surface area contributed by atoms with Gasteiger partial charge in [0.1, 0.15) is 6.04 Å². The van der Waals surface area contributed by atoms with Crippen LogP contribution in [0.4, 0.5) is 21.9 Å². The molecular formula is C26H31ClN4O4. The molecule has 0 aliphatic carbocycles. The molecule has 2 unspecified atom stereocenters. The Balaban J connectivity index is 1.47. The first-order valence-corrected chi connectivity index (χ1v) is 12.4. The van der Waals surface area contributed by atoms with Crippen molar-refractivity contribution in [3.05, 3.63) is 53.1 Å². The summed E-state index contributed by atoms with van der Waals surface area (Å²) in [4.78, 5) is 41.9. The maximum atomic E-state index is 13.3. The van der Waals surface area contributed by atoms with Crippen LogP contribution in [-0.2, 0) is 14.3 Å². The molecule has 2 fully saturated rings. The summed E-state index contributed by atoms with van der Waals surface area (Å²) in [5.41, 5.74) is 2.94. The van der Waals surface area contributed by atoms with Crippen molar-refractivity contribution in [2.45, 2.75) is 51.7 Å². The summed E-state index contributed by atoms with van der Waals surface area (Å²) in [6.45, 7) is 5.32. The zero-order valence-corrected chi connectivity index (χ0v) is 20.8. The summed E-state index contributed by atoms with van der Waals surface area (Å²) in [6, 6.07) is 11.4. The minimum Gasteiger partial charge on any atom is -0.377 e. The van der Waals surface area contributed by atoms with Gasteiger partial charge in [0.25, 0.3) is 0 Å². The van der Waals surface area contributed by atoms with Gasteiger partial charge in [-0.05, 0) is 74.7 Å². The second-order valence-electron chi connectivity index (χ2n) is 8.91. The number of nitrogens with one attached hydrogen (secondary N) is 2. The van der Waals surface area contributed by atoms with E-state index in [4.69, 9.17) is 16.3 Å². The predicted molar refractivity (Wildman–Crippen MR) is 137 cm³/mol. The Hall–Kier alpha value is -3.10. The van der Waals surface area contributed by atoms with Crippen molar-refractivity contribution in [3.8, 4) is 0 Å². The van der Waals surface area contributed by atoms with Crippen molar-refractivity contribution in [2.75, 3.05) is 35.2 Å². The Morgan fingerprint density at radius 2 is 1.89 bits per heavy atom. The van der Waals surface area contributed by atoms with E-state index >= 15 is 0 Å². The summed E-state index contributed by atoms with van der Waals surface area (Å²) in [5.74, 6) is -0.147. The number of anilines is 3. The third kappa shape index (κ3) is 5.94. The Labute approximate surface area is 210 Å². The third-order valence-corrected chi connectivity index (χ3v) is 6.68. The van der Waals surface area contributed by atoms with Crippen LogP contribution in [0.3, 0.4) is 0 Å². The van der Waals surface area contributed by atoms with Crippen molar-refractivity contribution in [1.29, 1.82) is 0 Å². The molecule has 2 aliphatic rings. The average molecular weight is 499 g/mol. The van der Waals surface area contributed by atoms with Gasteiger partial charge in [0.15, 0.2) is 0 Å². The molecule has 4 amide bonds. The summed E-state index contributed by atoms with van der Waals surface area (Å²) >= 11 is 5.93. The molecule has 4 rings (SSSR count). The van der Waals surface area contributed by atoms with Crippen molar-refractivity contribution in [3.63, 3.8) is 0 Å². The number of aryl methyl sites for hydroxylation is 1. The zero-order chi connectivity index (χ0) is 24.9. The van der Waals surface area contributed by atoms with Gasteiger partial charge in [-0.1, -0.05) is 11.6 Å². The van der Waals surface area contributed by atoms with Crippen LogP contribution in [0.2, 0.25) is 5.02 Å². The van der Waals surface area contributed by atoms with Crippen LogP contribution in [0, 0.1) is 6.92 Å². The molecule has 35 heavy (non-hydrogen) atoms. The molecule has 0 saturated carbocycles. The Morgan fingerprint density at radius 1 is 1.11 bits per heavy atom. The lowest BCUT2D eigenvalue weighted by Crippen LogP contribution is -2.45. The molecule has 2 atom stereocenters. The van der Waals surface area contributed by atoms with Gasteiger partial charge in [0, 0.05) is 54.6 Å². The lowest BCUT2D eigenvalue weighted by Gasteiger charge is -2.28. The van der Waals surface area contributed by atoms with Crippen molar-refractivity contribution < 1.29 is 19.1 Å². The highest BCUT2D eigenvalue weighted by molar-refractivity contribution is 6.30. The van der Waals surface area contributed by atoms with Gasteiger partial charge in [0.2, 0.25) is 11.8 Å². The number of amides is 4. The zero-order valence-electron chi connectivity index (χ0n) is 20.1. The maximum absolute atomic E-state index is 13.3. The quantitative estimate of drug-likeness (QED) is 0.597. The molecule has 0 spiro atoms. The van der Waals surface area contributed by atoms with E-state index in [9.17, 15) is 14.4 Å². The number of likely N-dealkylation sites (tertiary alicyclic amines) is 1. The summed E-state index contributed by atoms with van der Waals surface area (Å²) in [7, 11) is 0. The number of hydrogen-bond donors (Lipinski definition) is 2. The van der Waals surface area contributed by atoms with Gasteiger partial charge in [-0.15, -0.1) is 0 Å². The number of piperidine rings is 1. The van der Waals surface area contributed by atoms with E-state index in [2.05, 4.69) is 10.6 Å². The topological polar surface area (TPSA) is 91.0 Å². The highest BCUT2D eigenvalue weighted by atomic mass is 35.5. The normalized spacial score (nSPS) is 20.1. The van der Waals surface area contributed by atoms with E-state index in [0.717, 1.165) is 24.1 Å². The second-order valence-corrected chi connectivity index (χ2v) is 9.35. The molecule has 2 N–H and O–H groups in total. The molecule has 2 aromatic rings. The van der Waals surface area contributed by atoms with Crippen LogP contribution in [0.5, 0.6) is 0 Å². The molecule has 2 aliphatic heterocycles. The van der Waals surface area contributed by atoms with Crippen LogP contribution in [0.25, 0.3) is 0 Å². The van der Waals surface area contributed by atoms with Crippen molar-refractivity contribution in [2.24, 2.45) is 0 Å². The van der Waals surface area contributed by atoms with Crippen LogP contribution in [0.1, 0.15) is 38.2 Å². The Morgan fingerprint density at radius 3 is 2.57 bits per heavy atom. The standard InChI is InChI=1S/C26H31ClN4O4/c1-3-35-21-15-23(31(16-21)26(34)28-19-9-7-18(27)8-10-19)25(33)29-22-12-11-20(14-17(22)2)30-13-5-4-6-24(30)32/h7-12,14,21,23H,3-6,13,15-16H2,1-2H3,(H,28,34)(H,29,33). The van der Waals surface area contributed by atoms with Crippen molar-refractivity contribution >= 4 is 46.5 Å². The lowest BCUT2D eigenvalue weighted by molar-refractivity contribution is -0.120. The van der Waals surface area contributed by atoms with E-state index in [0.29, 0.717) is 48.9 Å². The number of nitrogens with zero attached hydrogens (tertiary/aromatic N) is 2. The molecule has 8 nitrogen and oxygen atoms in total. The Bertz CT molecular complexity index is 1090. The summed E-state index contributed by atoms with van der Waals surface area (Å²) in [5, 5.41) is 6.39. The first-order valence-electron chi connectivity index (χ1n) is 12.0. The van der Waals surface area contributed by atoms with Crippen molar-refractivity contribution in [1.82, 2.24) is 4.90 Å². The van der Waals surface area contributed by atoms with Gasteiger partial charge >= 0.3 is 6.03 Å². The van der Waals surface area contributed by atoms with E-state index in [1.54, 1.807) is 29.2 Å². The van der Waals surface area contributed by atoms with Crippen LogP contribution in [-0.4, -0.2) is 54.6 Å². The van der Waals surface area contributed by atoms with Crippen LogP contribution >= 0.6 is 11.6 Å². The molecule has 9 heteroatoms. The second kappa shape index (κ2) is 11.1.